The Bertz CT molecular complexity index is 1950. The topological polar surface area (TPSA) is 157 Å². The van der Waals surface area contributed by atoms with E-state index in [9.17, 15) is 25.5 Å². The summed E-state index contributed by atoms with van der Waals surface area (Å²) in [6, 6.07) is 20.3. The Kier molecular flexibility index (Phi) is 8.67. The molecule has 0 bridgehead atoms. The smallest absolute Gasteiger partial charge is 0.160 e. The Labute approximate surface area is 289 Å². The van der Waals surface area contributed by atoms with E-state index in [2.05, 4.69) is 0 Å². The second-order valence-corrected chi connectivity index (χ2v) is 13.0. The second-order valence-electron chi connectivity index (χ2n) is 13.0. The van der Waals surface area contributed by atoms with Gasteiger partial charge in [-0.25, -0.2) is 0 Å². The first-order valence-corrected chi connectivity index (χ1v) is 16.3. The van der Waals surface area contributed by atoms with Gasteiger partial charge in [-0.05, 0) is 101 Å². The highest BCUT2D eigenvalue weighted by Crippen LogP contribution is 2.65. The highest BCUT2D eigenvalue weighted by Gasteiger charge is 2.60. The Morgan fingerprint density at radius 2 is 1.06 bits per heavy atom. The van der Waals surface area contributed by atoms with Gasteiger partial charge in [-0.15, -0.1) is 0 Å². The fraction of sp³-hybridized carbons (Fsp3) is 0.333. The minimum absolute atomic E-state index is 0.00505. The molecule has 6 atom stereocenters. The molecule has 3 aliphatic rings. The molecule has 5 N–H and O–H groups in total. The molecule has 1 spiro atoms. The van der Waals surface area contributed by atoms with Crippen LogP contribution in [0.1, 0.15) is 65.9 Å². The fourth-order valence-corrected chi connectivity index (χ4v) is 7.92. The zero-order valence-corrected chi connectivity index (χ0v) is 28.1. The van der Waals surface area contributed by atoms with Crippen molar-refractivity contribution in [2.75, 3.05) is 28.4 Å². The molecule has 4 aromatic rings. The number of phenolic OH excluding ortho intramolecular Hbond substituents is 4. The van der Waals surface area contributed by atoms with Gasteiger partial charge >= 0.3 is 0 Å². The van der Waals surface area contributed by atoms with Crippen molar-refractivity contribution in [2.45, 2.75) is 49.8 Å². The number of rotatable bonds is 8. The average molecular weight is 685 g/mol. The van der Waals surface area contributed by atoms with E-state index in [1.807, 2.05) is 12.1 Å². The Hall–Kier alpha value is -5.10. The van der Waals surface area contributed by atoms with Crippen molar-refractivity contribution in [3.05, 3.63) is 106 Å². The van der Waals surface area contributed by atoms with Gasteiger partial charge in [0.05, 0.1) is 40.6 Å². The molecule has 11 heteroatoms. The van der Waals surface area contributed by atoms with Crippen LogP contribution < -0.4 is 18.9 Å². The number of aliphatic hydroxyl groups excluding tert-OH is 1. The molecule has 11 nitrogen and oxygen atoms in total. The maximum absolute atomic E-state index is 12.5. The molecule has 0 aromatic heterocycles. The maximum atomic E-state index is 12.5. The number of phenols is 4. The van der Waals surface area contributed by atoms with Gasteiger partial charge < -0.3 is 54.0 Å². The fourth-order valence-electron chi connectivity index (χ4n) is 7.92. The van der Waals surface area contributed by atoms with Crippen molar-refractivity contribution >= 4 is 0 Å². The predicted octanol–water partition coefficient (Wildman–Crippen LogP) is 6.70. The molecule has 4 aromatic carbocycles. The zero-order chi connectivity index (χ0) is 35.3. The van der Waals surface area contributed by atoms with Gasteiger partial charge in [0.15, 0.2) is 46.0 Å². The first-order chi connectivity index (χ1) is 24.1. The van der Waals surface area contributed by atoms with Crippen LogP contribution in [0.4, 0.5) is 0 Å². The molecule has 1 saturated heterocycles. The van der Waals surface area contributed by atoms with Crippen LogP contribution in [0.15, 0.2) is 83.9 Å². The van der Waals surface area contributed by atoms with Crippen LogP contribution in [0.5, 0.6) is 46.0 Å². The minimum atomic E-state index is -1.03. The van der Waals surface area contributed by atoms with Crippen molar-refractivity contribution in [3.63, 3.8) is 0 Å². The molecule has 7 rings (SSSR count). The van der Waals surface area contributed by atoms with Crippen LogP contribution in [0.2, 0.25) is 0 Å². The van der Waals surface area contributed by atoms with E-state index in [-0.39, 0.29) is 28.7 Å². The third kappa shape index (κ3) is 5.42. The average Bonchev–Trinajstić information content (AvgIpc) is 3.63. The van der Waals surface area contributed by atoms with Crippen molar-refractivity contribution in [1.82, 2.24) is 0 Å². The largest absolute Gasteiger partial charge is 0.504 e. The molecule has 0 unspecified atom stereocenters. The standard InChI is InChI=1S/C39H40O11/c1-45-30-12-8-23(15-29(30)43)38-39(37(44)36(50-38)22-7-11-28(42)33(18-22)48-4)14-13-24-25(19-39)35(21-6-10-27(41)32(17-21)47-3)49-34(24)20-5-9-26(40)31(16-20)46-2/h5-12,15-18,34-38,40-44H,13-14,19H2,1-4H3/t34-,35+,36+,37+,38-,39-/m0/s1. The minimum Gasteiger partial charge on any atom is -0.504 e. The molecule has 50 heavy (non-hydrogen) atoms. The van der Waals surface area contributed by atoms with E-state index in [0.29, 0.717) is 47.6 Å². The summed E-state index contributed by atoms with van der Waals surface area (Å²) < 4.78 is 35.3. The molecule has 262 valence electrons. The van der Waals surface area contributed by atoms with Gasteiger partial charge in [0.25, 0.3) is 0 Å². The van der Waals surface area contributed by atoms with E-state index in [1.165, 1.54) is 34.5 Å². The number of aromatic hydroxyl groups is 4. The molecule has 0 saturated carbocycles. The van der Waals surface area contributed by atoms with Crippen molar-refractivity contribution < 1.29 is 54.0 Å². The highest BCUT2D eigenvalue weighted by atomic mass is 16.5. The molecule has 0 radical (unpaired) electrons. The lowest BCUT2D eigenvalue weighted by molar-refractivity contribution is 0.00305. The molecule has 1 aliphatic carbocycles. The molecular formula is C39H40O11. The zero-order valence-electron chi connectivity index (χ0n) is 28.1. The predicted molar refractivity (Wildman–Crippen MR) is 181 cm³/mol. The normalized spacial score (nSPS) is 25.8. The van der Waals surface area contributed by atoms with E-state index in [0.717, 1.165) is 22.3 Å². The van der Waals surface area contributed by atoms with E-state index < -0.39 is 35.9 Å². The summed E-state index contributed by atoms with van der Waals surface area (Å²) in [5.41, 5.74) is 3.95. The van der Waals surface area contributed by atoms with Crippen molar-refractivity contribution in [3.8, 4) is 46.0 Å². The quantitative estimate of drug-likeness (QED) is 0.126. The SMILES string of the molecule is COc1ccc([C@@H]2O[C@H](c3ccc(O)c(OC)c3)[C@@H](O)[C@@]23CCC2=C(C3)[C@@H](c3ccc(O)c(OC)c3)O[C@H]2c2ccc(O)c(OC)c2)cc1O. The monoisotopic (exact) mass is 684 g/mol. The van der Waals surface area contributed by atoms with E-state index in [1.54, 1.807) is 54.6 Å². The van der Waals surface area contributed by atoms with Gasteiger partial charge in [-0.3, -0.25) is 0 Å². The summed E-state index contributed by atoms with van der Waals surface area (Å²) in [6.07, 6.45) is -2.14. The van der Waals surface area contributed by atoms with Crippen molar-refractivity contribution in [2.24, 2.45) is 5.41 Å². The number of methoxy groups -OCH3 is 4. The lowest BCUT2D eigenvalue weighted by Crippen LogP contribution is -2.39. The summed E-state index contributed by atoms with van der Waals surface area (Å²) in [5.74, 6) is 1.11. The first kappa shape index (κ1) is 33.4. The third-order valence-electron chi connectivity index (χ3n) is 10.4. The van der Waals surface area contributed by atoms with Crippen LogP contribution in [-0.4, -0.2) is 60.1 Å². The van der Waals surface area contributed by atoms with Crippen molar-refractivity contribution in [1.29, 1.82) is 0 Å². The first-order valence-electron chi connectivity index (χ1n) is 16.3. The van der Waals surface area contributed by atoms with Gasteiger partial charge in [0.1, 0.15) is 18.3 Å². The number of hydrogen-bond donors (Lipinski definition) is 5. The third-order valence-corrected chi connectivity index (χ3v) is 10.4. The molecular weight excluding hydrogens is 644 g/mol. The number of aliphatic hydroxyl groups is 1. The molecule has 2 heterocycles. The van der Waals surface area contributed by atoms with Gasteiger partial charge in [0.2, 0.25) is 0 Å². The van der Waals surface area contributed by atoms with Gasteiger partial charge in [-0.2, -0.15) is 0 Å². The van der Waals surface area contributed by atoms with E-state index in [4.69, 9.17) is 28.4 Å². The van der Waals surface area contributed by atoms with Crippen LogP contribution in [0.25, 0.3) is 0 Å². The summed E-state index contributed by atoms with van der Waals surface area (Å²) in [6.45, 7) is 0. The Balaban J connectivity index is 1.37. The molecule has 2 aliphatic heterocycles. The van der Waals surface area contributed by atoms with Crippen LogP contribution in [-0.2, 0) is 9.47 Å². The van der Waals surface area contributed by atoms with Crippen LogP contribution in [0.3, 0.4) is 0 Å². The number of hydrogen-bond acceptors (Lipinski definition) is 11. The number of ether oxygens (including phenoxy) is 6. The Morgan fingerprint density at radius 3 is 1.60 bits per heavy atom. The summed E-state index contributed by atoms with van der Waals surface area (Å²) >= 11 is 0. The van der Waals surface area contributed by atoms with Gasteiger partial charge in [0, 0.05) is 5.41 Å². The second kappa shape index (κ2) is 13.0. The summed E-state index contributed by atoms with van der Waals surface area (Å²) in [4.78, 5) is 0. The van der Waals surface area contributed by atoms with Crippen LogP contribution in [0, 0.1) is 5.41 Å². The Morgan fingerprint density at radius 1 is 0.560 bits per heavy atom. The van der Waals surface area contributed by atoms with E-state index >= 15 is 0 Å². The maximum Gasteiger partial charge on any atom is 0.160 e. The van der Waals surface area contributed by atoms with Crippen LogP contribution >= 0.6 is 0 Å². The highest BCUT2D eigenvalue weighted by molar-refractivity contribution is 5.51. The summed E-state index contributed by atoms with van der Waals surface area (Å²) in [5, 5.41) is 54.4. The summed E-state index contributed by atoms with van der Waals surface area (Å²) in [7, 11) is 5.92. The lowest BCUT2D eigenvalue weighted by Gasteiger charge is -2.41. The lowest BCUT2D eigenvalue weighted by atomic mass is 9.62. The molecule has 0 amide bonds. The number of benzene rings is 4. The van der Waals surface area contributed by atoms with Gasteiger partial charge in [-0.1, -0.05) is 24.3 Å². The molecule has 1 fully saturated rings.